The van der Waals surface area contributed by atoms with E-state index in [4.69, 9.17) is 10.2 Å². The van der Waals surface area contributed by atoms with Gasteiger partial charge in [0.05, 0.1) is 5.56 Å². The van der Waals surface area contributed by atoms with Crippen LogP contribution in [-0.4, -0.2) is 10.8 Å². The van der Waals surface area contributed by atoms with Gasteiger partial charge in [0.25, 0.3) is 0 Å². The number of rotatable bonds is 4. The highest BCUT2D eigenvalue weighted by Gasteiger charge is 2.13. The van der Waals surface area contributed by atoms with Gasteiger partial charge in [-0.25, -0.2) is 4.98 Å². The van der Waals surface area contributed by atoms with Gasteiger partial charge in [-0.15, -0.1) is 0 Å². The van der Waals surface area contributed by atoms with Gasteiger partial charge >= 0.3 is 0 Å². The molecule has 0 amide bonds. The number of hydrogen-bond donors (Lipinski definition) is 1. The number of fused-ring (bicyclic) bond motifs is 1. The van der Waals surface area contributed by atoms with Crippen LogP contribution in [0.25, 0.3) is 22.6 Å². The molecule has 0 fully saturated rings. The molecular formula is C18H18N2O2. The zero-order chi connectivity index (χ0) is 15.7. The molecule has 0 aliphatic heterocycles. The molecule has 0 radical (unpaired) electrons. The number of hydrogen-bond acceptors (Lipinski definition) is 4. The van der Waals surface area contributed by atoms with Crippen molar-refractivity contribution in [3.05, 3.63) is 48.0 Å². The summed E-state index contributed by atoms with van der Waals surface area (Å²) in [7, 11) is 0. The maximum absolute atomic E-state index is 11.9. The van der Waals surface area contributed by atoms with Gasteiger partial charge in [0.2, 0.25) is 5.89 Å². The van der Waals surface area contributed by atoms with Gasteiger partial charge in [-0.05, 0) is 29.8 Å². The first-order valence-corrected chi connectivity index (χ1v) is 7.31. The third-order valence-electron chi connectivity index (χ3n) is 3.67. The molecule has 0 atom stereocenters. The molecule has 112 valence electrons. The molecule has 1 heterocycles. The Morgan fingerprint density at radius 2 is 2.00 bits per heavy atom. The summed E-state index contributed by atoms with van der Waals surface area (Å²) >= 11 is 0. The first kappa shape index (κ1) is 14.3. The molecule has 0 saturated heterocycles. The smallest absolute Gasteiger partial charge is 0.229 e. The molecule has 22 heavy (non-hydrogen) atoms. The van der Waals surface area contributed by atoms with Gasteiger partial charge in [-0.1, -0.05) is 32.0 Å². The van der Waals surface area contributed by atoms with Crippen LogP contribution in [-0.2, 0) is 11.2 Å². The molecule has 0 spiro atoms. The second kappa shape index (κ2) is 5.64. The van der Waals surface area contributed by atoms with E-state index in [0.29, 0.717) is 23.6 Å². The number of nitrogens with zero attached hydrogens (tertiary/aromatic N) is 1. The number of oxazole rings is 1. The van der Waals surface area contributed by atoms with E-state index < -0.39 is 0 Å². The molecule has 2 aromatic carbocycles. The maximum Gasteiger partial charge on any atom is 0.229 e. The van der Waals surface area contributed by atoms with Crippen molar-refractivity contribution < 1.29 is 9.21 Å². The van der Waals surface area contributed by atoms with Crippen molar-refractivity contribution in [2.24, 2.45) is 5.92 Å². The summed E-state index contributed by atoms with van der Waals surface area (Å²) < 4.78 is 5.82. The van der Waals surface area contributed by atoms with E-state index in [1.807, 2.05) is 56.3 Å². The van der Waals surface area contributed by atoms with Crippen LogP contribution in [0.15, 0.2) is 46.9 Å². The quantitative estimate of drug-likeness (QED) is 0.742. The normalized spacial score (nSPS) is 11.2. The van der Waals surface area contributed by atoms with Gasteiger partial charge in [0.15, 0.2) is 5.58 Å². The van der Waals surface area contributed by atoms with Gasteiger partial charge in [-0.3, -0.25) is 4.79 Å². The number of nitrogen functional groups attached to an aromatic ring is 1. The lowest BCUT2D eigenvalue weighted by Gasteiger charge is -2.03. The first-order chi connectivity index (χ1) is 10.5. The van der Waals surface area contributed by atoms with Crippen LogP contribution in [0.3, 0.4) is 0 Å². The molecule has 0 aliphatic carbocycles. The highest BCUT2D eigenvalue weighted by Crippen LogP contribution is 2.28. The van der Waals surface area contributed by atoms with Crippen molar-refractivity contribution in [2.45, 2.75) is 20.3 Å². The lowest BCUT2D eigenvalue weighted by Crippen LogP contribution is -2.09. The Balaban J connectivity index is 1.97. The number of anilines is 1. The van der Waals surface area contributed by atoms with Crippen LogP contribution in [0.4, 0.5) is 5.69 Å². The third-order valence-corrected chi connectivity index (χ3v) is 3.67. The molecule has 3 rings (SSSR count). The van der Waals surface area contributed by atoms with Crippen molar-refractivity contribution >= 4 is 22.6 Å². The van der Waals surface area contributed by atoms with E-state index in [1.165, 1.54) is 0 Å². The Morgan fingerprint density at radius 1 is 1.23 bits per heavy atom. The second-order valence-electron chi connectivity index (χ2n) is 5.71. The van der Waals surface area contributed by atoms with E-state index in [9.17, 15) is 4.79 Å². The van der Waals surface area contributed by atoms with Gasteiger partial charge in [0, 0.05) is 18.0 Å². The largest absolute Gasteiger partial charge is 0.436 e. The summed E-state index contributed by atoms with van der Waals surface area (Å²) in [4.78, 5) is 16.3. The zero-order valence-corrected chi connectivity index (χ0v) is 12.7. The molecule has 0 unspecified atom stereocenters. The van der Waals surface area contributed by atoms with Gasteiger partial charge < -0.3 is 10.2 Å². The SMILES string of the molecule is CC(C)C(=O)Cc1ccc2nc(-c3ccccc3N)oc2c1. The summed E-state index contributed by atoms with van der Waals surface area (Å²) in [5, 5.41) is 0. The van der Waals surface area contributed by atoms with Crippen LogP contribution < -0.4 is 5.73 Å². The Hall–Kier alpha value is -2.62. The molecule has 1 aromatic heterocycles. The fourth-order valence-electron chi connectivity index (χ4n) is 2.29. The number of para-hydroxylation sites is 1. The predicted octanol–water partition coefficient (Wildman–Crippen LogP) is 3.84. The highest BCUT2D eigenvalue weighted by atomic mass is 16.3. The first-order valence-electron chi connectivity index (χ1n) is 7.31. The van der Waals surface area contributed by atoms with Gasteiger partial charge in [0.1, 0.15) is 11.3 Å². The summed E-state index contributed by atoms with van der Waals surface area (Å²) in [5.74, 6) is 0.747. The predicted molar refractivity (Wildman–Crippen MR) is 87.4 cm³/mol. The third kappa shape index (κ3) is 2.72. The Labute approximate surface area is 129 Å². The van der Waals surface area contributed by atoms with Crippen LogP contribution in [0, 0.1) is 5.92 Å². The highest BCUT2D eigenvalue weighted by molar-refractivity contribution is 5.85. The number of ketones is 1. The molecule has 0 saturated carbocycles. The van der Waals surface area contributed by atoms with Crippen molar-refractivity contribution in [2.75, 3.05) is 5.73 Å². The van der Waals surface area contributed by atoms with Gasteiger partial charge in [-0.2, -0.15) is 0 Å². The number of carbonyl (C=O) groups is 1. The minimum absolute atomic E-state index is 0.0325. The zero-order valence-electron chi connectivity index (χ0n) is 12.7. The number of aromatic nitrogens is 1. The lowest BCUT2D eigenvalue weighted by atomic mass is 10.0. The van der Waals surface area contributed by atoms with E-state index in [-0.39, 0.29) is 11.7 Å². The number of carbonyl (C=O) groups excluding carboxylic acids is 1. The lowest BCUT2D eigenvalue weighted by molar-refractivity contribution is -0.121. The van der Waals surface area contributed by atoms with E-state index in [1.54, 1.807) is 0 Å². The number of nitrogens with two attached hydrogens (primary N) is 1. The van der Waals surface area contributed by atoms with E-state index >= 15 is 0 Å². The Kier molecular flexibility index (Phi) is 3.67. The Morgan fingerprint density at radius 3 is 2.73 bits per heavy atom. The van der Waals surface area contributed by atoms with Crippen molar-refractivity contribution in [3.8, 4) is 11.5 Å². The average molecular weight is 294 g/mol. The molecule has 4 nitrogen and oxygen atoms in total. The minimum atomic E-state index is 0.0325. The molecule has 4 heteroatoms. The summed E-state index contributed by atoms with van der Waals surface area (Å²) in [6.45, 7) is 3.82. The summed E-state index contributed by atoms with van der Waals surface area (Å²) in [6, 6.07) is 13.1. The summed E-state index contributed by atoms with van der Waals surface area (Å²) in [5.41, 5.74) is 9.74. The fourth-order valence-corrected chi connectivity index (χ4v) is 2.29. The number of Topliss-reactive ketones (excluding diaryl/α,β-unsaturated/α-hetero) is 1. The van der Waals surface area contributed by atoms with Crippen molar-refractivity contribution in [1.29, 1.82) is 0 Å². The van der Waals surface area contributed by atoms with Crippen molar-refractivity contribution in [3.63, 3.8) is 0 Å². The second-order valence-corrected chi connectivity index (χ2v) is 5.71. The standard InChI is InChI=1S/C18H18N2O2/c1-11(2)16(21)9-12-7-8-15-17(10-12)22-18(20-15)13-5-3-4-6-14(13)19/h3-8,10-11H,9,19H2,1-2H3. The molecule has 0 aliphatic rings. The van der Waals surface area contributed by atoms with Crippen LogP contribution in [0.1, 0.15) is 19.4 Å². The summed E-state index contributed by atoms with van der Waals surface area (Å²) in [6.07, 6.45) is 0.414. The van der Waals surface area contributed by atoms with Crippen LogP contribution >= 0.6 is 0 Å². The molecule has 2 N–H and O–H groups in total. The van der Waals surface area contributed by atoms with Crippen LogP contribution in [0.2, 0.25) is 0 Å². The van der Waals surface area contributed by atoms with Crippen molar-refractivity contribution in [1.82, 2.24) is 4.98 Å². The maximum atomic E-state index is 11.9. The minimum Gasteiger partial charge on any atom is -0.436 e. The molecule has 0 bridgehead atoms. The fraction of sp³-hybridized carbons (Fsp3) is 0.222. The van der Waals surface area contributed by atoms with E-state index in [0.717, 1.165) is 16.6 Å². The Bertz CT molecular complexity index is 834. The van der Waals surface area contributed by atoms with Crippen LogP contribution in [0.5, 0.6) is 0 Å². The molecule has 3 aromatic rings. The monoisotopic (exact) mass is 294 g/mol. The number of benzene rings is 2. The van der Waals surface area contributed by atoms with E-state index in [2.05, 4.69) is 4.98 Å². The topological polar surface area (TPSA) is 69.1 Å². The molecular weight excluding hydrogens is 276 g/mol. The average Bonchev–Trinajstić information content (AvgIpc) is 2.90.